The molecular formula is C20H21N3O4. The topological polar surface area (TPSA) is 81.6 Å². The van der Waals surface area contributed by atoms with E-state index in [0.717, 1.165) is 12.2 Å². The molecule has 0 saturated heterocycles. The summed E-state index contributed by atoms with van der Waals surface area (Å²) in [4.78, 5) is 18.4. The van der Waals surface area contributed by atoms with Crippen molar-refractivity contribution in [3.8, 4) is 17.3 Å². The van der Waals surface area contributed by atoms with Crippen LogP contribution in [0.3, 0.4) is 0 Å². The average Bonchev–Trinajstić information content (AvgIpc) is 3.41. The quantitative estimate of drug-likeness (QED) is 0.638. The summed E-state index contributed by atoms with van der Waals surface area (Å²) < 4.78 is 16.3. The van der Waals surface area contributed by atoms with Gasteiger partial charge in [0, 0.05) is 26.3 Å². The number of nitrogens with zero attached hydrogens (tertiary/aromatic N) is 3. The largest absolute Gasteiger partial charge is 0.488 e. The van der Waals surface area contributed by atoms with Crippen molar-refractivity contribution in [2.24, 2.45) is 0 Å². The van der Waals surface area contributed by atoms with Gasteiger partial charge in [-0.3, -0.25) is 4.79 Å². The molecule has 0 aliphatic carbocycles. The maximum absolute atomic E-state index is 12.4. The second-order valence-electron chi connectivity index (χ2n) is 6.67. The standard InChI is InChI=1S/C20H21N3O4/c1-23(13-15-12-14-6-2-3-7-16(14)26-15)19(24)10-4-9-18-21-20(22-27-18)17-8-5-11-25-17/h2-3,5-8,11,15H,4,9-10,12-13H2,1H3. The number of rotatable bonds is 7. The Morgan fingerprint density at radius 2 is 2.15 bits per heavy atom. The number of aromatic nitrogens is 2. The van der Waals surface area contributed by atoms with E-state index in [-0.39, 0.29) is 12.0 Å². The van der Waals surface area contributed by atoms with Crippen LogP contribution in [0.15, 0.2) is 51.6 Å². The number of benzene rings is 1. The second kappa shape index (κ2) is 7.65. The van der Waals surface area contributed by atoms with Crippen LogP contribution in [0, 0.1) is 0 Å². The molecule has 0 radical (unpaired) electrons. The number of likely N-dealkylation sites (N-methyl/N-ethyl adjacent to an activating group) is 1. The van der Waals surface area contributed by atoms with Crippen molar-refractivity contribution < 1.29 is 18.5 Å². The van der Waals surface area contributed by atoms with Crippen molar-refractivity contribution in [1.82, 2.24) is 15.0 Å². The Morgan fingerprint density at radius 1 is 1.26 bits per heavy atom. The first-order valence-corrected chi connectivity index (χ1v) is 9.04. The van der Waals surface area contributed by atoms with Crippen LogP contribution >= 0.6 is 0 Å². The second-order valence-corrected chi connectivity index (χ2v) is 6.67. The Hall–Kier alpha value is -3.09. The van der Waals surface area contributed by atoms with Crippen LogP contribution in [-0.2, 0) is 17.6 Å². The molecular weight excluding hydrogens is 346 g/mol. The number of para-hydroxylation sites is 1. The van der Waals surface area contributed by atoms with Crippen LogP contribution in [0.1, 0.15) is 24.3 Å². The Labute approximate surface area is 156 Å². The molecule has 1 aliphatic heterocycles. The van der Waals surface area contributed by atoms with Gasteiger partial charge in [-0.25, -0.2) is 0 Å². The molecule has 1 aliphatic rings. The van der Waals surface area contributed by atoms with E-state index in [2.05, 4.69) is 16.2 Å². The first-order chi connectivity index (χ1) is 13.2. The average molecular weight is 367 g/mol. The number of carbonyl (C=O) groups is 1. The number of aryl methyl sites for hydroxylation is 1. The third kappa shape index (κ3) is 4.02. The van der Waals surface area contributed by atoms with Crippen LogP contribution in [0.4, 0.5) is 0 Å². The van der Waals surface area contributed by atoms with E-state index in [1.807, 2.05) is 25.2 Å². The van der Waals surface area contributed by atoms with Gasteiger partial charge in [-0.2, -0.15) is 4.98 Å². The van der Waals surface area contributed by atoms with Crippen molar-refractivity contribution in [2.45, 2.75) is 31.8 Å². The summed E-state index contributed by atoms with van der Waals surface area (Å²) in [5.74, 6) is 2.51. The van der Waals surface area contributed by atoms with Gasteiger partial charge in [-0.05, 0) is 30.2 Å². The van der Waals surface area contributed by atoms with Gasteiger partial charge in [0.2, 0.25) is 17.6 Å². The summed E-state index contributed by atoms with van der Waals surface area (Å²) in [5, 5.41) is 3.89. The van der Waals surface area contributed by atoms with Gasteiger partial charge in [-0.15, -0.1) is 0 Å². The highest BCUT2D eigenvalue weighted by molar-refractivity contribution is 5.75. The minimum Gasteiger partial charge on any atom is -0.488 e. The summed E-state index contributed by atoms with van der Waals surface area (Å²) in [6.45, 7) is 0.580. The molecule has 4 rings (SSSR count). The van der Waals surface area contributed by atoms with Crippen molar-refractivity contribution in [1.29, 1.82) is 0 Å². The third-order valence-corrected chi connectivity index (χ3v) is 4.61. The van der Waals surface area contributed by atoms with Crippen LogP contribution in [0.5, 0.6) is 5.75 Å². The molecule has 3 aromatic rings. The summed E-state index contributed by atoms with van der Waals surface area (Å²) >= 11 is 0. The lowest BCUT2D eigenvalue weighted by atomic mass is 10.1. The van der Waals surface area contributed by atoms with E-state index < -0.39 is 0 Å². The van der Waals surface area contributed by atoms with Gasteiger partial charge in [0.15, 0.2) is 5.76 Å². The lowest BCUT2D eigenvalue weighted by Crippen LogP contribution is -2.36. The number of hydrogen-bond donors (Lipinski definition) is 0. The Morgan fingerprint density at radius 3 is 2.96 bits per heavy atom. The Kier molecular flexibility index (Phi) is 4.91. The molecule has 0 N–H and O–H groups in total. The maximum Gasteiger partial charge on any atom is 0.238 e. The lowest BCUT2D eigenvalue weighted by molar-refractivity contribution is -0.130. The van der Waals surface area contributed by atoms with Crippen molar-refractivity contribution >= 4 is 5.91 Å². The fourth-order valence-corrected chi connectivity index (χ4v) is 3.21. The predicted molar refractivity (Wildman–Crippen MR) is 97.1 cm³/mol. The number of ether oxygens (including phenoxy) is 1. The summed E-state index contributed by atoms with van der Waals surface area (Å²) in [6.07, 6.45) is 4.04. The molecule has 3 heterocycles. The highest BCUT2D eigenvalue weighted by Crippen LogP contribution is 2.28. The fourth-order valence-electron chi connectivity index (χ4n) is 3.21. The molecule has 7 nitrogen and oxygen atoms in total. The molecule has 0 spiro atoms. The van der Waals surface area contributed by atoms with E-state index in [4.69, 9.17) is 13.7 Å². The van der Waals surface area contributed by atoms with Gasteiger partial charge in [0.1, 0.15) is 11.9 Å². The molecule has 0 saturated carbocycles. The number of carbonyl (C=O) groups excluding carboxylic acids is 1. The van der Waals surface area contributed by atoms with Gasteiger partial charge in [0.25, 0.3) is 0 Å². The van der Waals surface area contributed by atoms with Crippen molar-refractivity contribution in [3.63, 3.8) is 0 Å². The number of hydrogen-bond acceptors (Lipinski definition) is 6. The zero-order valence-electron chi connectivity index (χ0n) is 15.1. The molecule has 1 aromatic carbocycles. The SMILES string of the molecule is CN(CC1Cc2ccccc2O1)C(=O)CCCc1nc(-c2ccco2)no1. The normalized spacial score (nSPS) is 15.4. The van der Waals surface area contributed by atoms with Crippen LogP contribution in [0.2, 0.25) is 0 Å². The summed E-state index contributed by atoms with van der Waals surface area (Å²) in [7, 11) is 1.82. The van der Waals surface area contributed by atoms with E-state index in [0.29, 0.717) is 43.3 Å². The first-order valence-electron chi connectivity index (χ1n) is 9.04. The van der Waals surface area contributed by atoms with Gasteiger partial charge in [0.05, 0.1) is 12.8 Å². The Balaban J connectivity index is 1.22. The lowest BCUT2D eigenvalue weighted by Gasteiger charge is -2.21. The Bertz CT molecular complexity index is 879. The summed E-state index contributed by atoms with van der Waals surface area (Å²) in [5.41, 5.74) is 1.20. The highest BCUT2D eigenvalue weighted by atomic mass is 16.5. The van der Waals surface area contributed by atoms with Gasteiger partial charge < -0.3 is 18.6 Å². The van der Waals surface area contributed by atoms with Crippen LogP contribution in [-0.4, -0.2) is 40.6 Å². The molecule has 0 fully saturated rings. The molecule has 1 atom stereocenters. The van der Waals surface area contributed by atoms with E-state index in [9.17, 15) is 4.79 Å². The van der Waals surface area contributed by atoms with Gasteiger partial charge in [-0.1, -0.05) is 23.4 Å². The minimum atomic E-state index is 0.0168. The molecule has 140 valence electrons. The number of furan rings is 1. The molecule has 2 aromatic heterocycles. The monoisotopic (exact) mass is 367 g/mol. The molecule has 0 bridgehead atoms. The van der Waals surface area contributed by atoms with E-state index >= 15 is 0 Å². The van der Waals surface area contributed by atoms with Crippen LogP contribution < -0.4 is 4.74 Å². The molecule has 27 heavy (non-hydrogen) atoms. The van der Waals surface area contributed by atoms with Crippen molar-refractivity contribution in [2.75, 3.05) is 13.6 Å². The van der Waals surface area contributed by atoms with Crippen LogP contribution in [0.25, 0.3) is 11.6 Å². The minimum absolute atomic E-state index is 0.0168. The smallest absolute Gasteiger partial charge is 0.238 e. The summed E-state index contributed by atoms with van der Waals surface area (Å²) in [6, 6.07) is 11.6. The first kappa shape index (κ1) is 17.3. The third-order valence-electron chi connectivity index (χ3n) is 4.61. The molecule has 1 amide bonds. The number of fused-ring (bicyclic) bond motifs is 1. The fraction of sp³-hybridized carbons (Fsp3) is 0.350. The highest BCUT2D eigenvalue weighted by Gasteiger charge is 2.25. The number of amides is 1. The molecule has 1 unspecified atom stereocenters. The van der Waals surface area contributed by atoms with Crippen molar-refractivity contribution in [3.05, 3.63) is 54.1 Å². The predicted octanol–water partition coefficient (Wildman–Crippen LogP) is 3.11. The van der Waals surface area contributed by atoms with Gasteiger partial charge >= 0.3 is 0 Å². The molecule has 7 heteroatoms. The zero-order chi connectivity index (χ0) is 18.6. The van der Waals surface area contributed by atoms with E-state index in [1.54, 1.807) is 23.3 Å². The zero-order valence-corrected chi connectivity index (χ0v) is 15.1. The maximum atomic E-state index is 12.4. The van der Waals surface area contributed by atoms with E-state index in [1.165, 1.54) is 5.56 Å².